The Kier molecular flexibility index (Phi) is 3.27. The van der Waals surface area contributed by atoms with Gasteiger partial charge in [0.15, 0.2) is 0 Å². The molecule has 0 saturated carbocycles. The zero-order valence-corrected chi connectivity index (χ0v) is 11.6. The average molecular weight is 281 g/mol. The number of methoxy groups -OCH3 is 1. The first-order chi connectivity index (χ1) is 10.2. The van der Waals surface area contributed by atoms with Crippen molar-refractivity contribution in [1.29, 1.82) is 0 Å². The lowest BCUT2D eigenvalue weighted by Gasteiger charge is -2.07. The van der Waals surface area contributed by atoms with Gasteiger partial charge < -0.3 is 16.2 Å². The Morgan fingerprint density at radius 2 is 1.95 bits per heavy atom. The van der Waals surface area contributed by atoms with Crippen LogP contribution in [0, 0.1) is 0 Å². The Bertz CT molecular complexity index is 803. The minimum absolute atomic E-state index is 0.181. The molecule has 106 valence electrons. The van der Waals surface area contributed by atoms with Crippen molar-refractivity contribution in [2.45, 2.75) is 6.42 Å². The molecule has 0 unspecified atom stereocenters. The van der Waals surface area contributed by atoms with E-state index in [9.17, 15) is 0 Å². The fraction of sp³-hybridized carbons (Fsp3) is 0.133. The number of pyridine rings is 1. The van der Waals surface area contributed by atoms with Gasteiger partial charge in [-0.25, -0.2) is 4.98 Å². The molecule has 6 heteroatoms. The Labute approximate surface area is 121 Å². The molecule has 2 aromatic heterocycles. The average Bonchev–Trinajstić information content (AvgIpc) is 2.49. The summed E-state index contributed by atoms with van der Waals surface area (Å²) >= 11 is 0. The molecule has 3 rings (SSSR count). The van der Waals surface area contributed by atoms with E-state index < -0.39 is 0 Å². The predicted octanol–water partition coefficient (Wildman–Crippen LogP) is 1.79. The fourth-order valence-electron chi connectivity index (χ4n) is 2.16. The molecule has 0 saturated heterocycles. The normalized spacial score (nSPS) is 10.7. The minimum atomic E-state index is 0.181. The highest BCUT2D eigenvalue weighted by atomic mass is 16.5. The van der Waals surface area contributed by atoms with E-state index in [1.165, 1.54) is 0 Å². The van der Waals surface area contributed by atoms with Crippen molar-refractivity contribution < 1.29 is 4.74 Å². The van der Waals surface area contributed by atoms with Crippen molar-refractivity contribution >= 4 is 22.7 Å². The summed E-state index contributed by atoms with van der Waals surface area (Å²) in [5.41, 5.74) is 14.1. The summed E-state index contributed by atoms with van der Waals surface area (Å²) in [6, 6.07) is 7.86. The fourth-order valence-corrected chi connectivity index (χ4v) is 2.16. The first kappa shape index (κ1) is 13.1. The number of hydrogen-bond acceptors (Lipinski definition) is 6. The summed E-state index contributed by atoms with van der Waals surface area (Å²) in [7, 11) is 1.64. The first-order valence-electron chi connectivity index (χ1n) is 6.45. The Morgan fingerprint density at radius 3 is 2.71 bits per heavy atom. The highest BCUT2D eigenvalue weighted by Crippen LogP contribution is 2.21. The van der Waals surface area contributed by atoms with E-state index in [4.69, 9.17) is 16.2 Å². The maximum Gasteiger partial charge on any atom is 0.221 e. The number of nitrogens with zero attached hydrogens (tertiary/aromatic N) is 3. The van der Waals surface area contributed by atoms with Gasteiger partial charge in [-0.15, -0.1) is 0 Å². The Balaban J connectivity index is 1.94. The number of aromatic nitrogens is 3. The second-order valence-electron chi connectivity index (χ2n) is 4.72. The lowest BCUT2D eigenvalue weighted by Crippen LogP contribution is -2.04. The standard InChI is InChI=1S/C15H15N5O/c1-21-12-3-2-10-4-9(7-18-13(10)6-12)5-11-8-19-15(17)20-14(11)16/h2-4,6-8H,5H2,1H3,(H4,16,17,19,20). The van der Waals surface area contributed by atoms with Crippen molar-refractivity contribution in [3.63, 3.8) is 0 Å². The molecule has 0 spiro atoms. The molecule has 4 N–H and O–H groups in total. The van der Waals surface area contributed by atoms with E-state index >= 15 is 0 Å². The molecule has 0 amide bonds. The topological polar surface area (TPSA) is 99.9 Å². The van der Waals surface area contributed by atoms with E-state index in [0.29, 0.717) is 12.2 Å². The van der Waals surface area contributed by atoms with Crippen LogP contribution in [0.25, 0.3) is 10.9 Å². The molecule has 21 heavy (non-hydrogen) atoms. The Hall–Kier alpha value is -2.89. The van der Waals surface area contributed by atoms with Crippen LogP contribution in [-0.4, -0.2) is 22.1 Å². The van der Waals surface area contributed by atoms with Crippen molar-refractivity contribution in [3.05, 3.63) is 47.8 Å². The number of benzene rings is 1. The van der Waals surface area contributed by atoms with Crippen molar-refractivity contribution in [2.24, 2.45) is 0 Å². The van der Waals surface area contributed by atoms with Crippen LogP contribution in [0.15, 0.2) is 36.7 Å². The van der Waals surface area contributed by atoms with Crippen molar-refractivity contribution in [1.82, 2.24) is 15.0 Å². The molecule has 3 aromatic rings. The second-order valence-corrected chi connectivity index (χ2v) is 4.72. The lowest BCUT2D eigenvalue weighted by molar-refractivity contribution is 0.415. The van der Waals surface area contributed by atoms with Gasteiger partial charge in [0.2, 0.25) is 5.95 Å². The van der Waals surface area contributed by atoms with Crippen LogP contribution in [0.4, 0.5) is 11.8 Å². The highest BCUT2D eigenvalue weighted by molar-refractivity contribution is 5.80. The van der Waals surface area contributed by atoms with E-state index in [0.717, 1.165) is 27.8 Å². The summed E-state index contributed by atoms with van der Waals surface area (Å²) in [6.07, 6.45) is 4.08. The number of nitrogens with two attached hydrogens (primary N) is 2. The summed E-state index contributed by atoms with van der Waals surface area (Å²) < 4.78 is 5.19. The van der Waals surface area contributed by atoms with Gasteiger partial charge in [0.1, 0.15) is 11.6 Å². The van der Waals surface area contributed by atoms with E-state index in [2.05, 4.69) is 21.0 Å². The third kappa shape index (κ3) is 2.69. The number of fused-ring (bicyclic) bond motifs is 1. The molecule has 2 heterocycles. The highest BCUT2D eigenvalue weighted by Gasteiger charge is 2.06. The van der Waals surface area contributed by atoms with Crippen LogP contribution in [0.5, 0.6) is 5.75 Å². The molecule has 0 atom stereocenters. The van der Waals surface area contributed by atoms with Gasteiger partial charge in [0, 0.05) is 35.8 Å². The zero-order chi connectivity index (χ0) is 14.8. The monoisotopic (exact) mass is 281 g/mol. The number of ether oxygens (including phenoxy) is 1. The molecule has 0 aliphatic heterocycles. The van der Waals surface area contributed by atoms with Gasteiger partial charge in [0.25, 0.3) is 0 Å². The third-order valence-electron chi connectivity index (χ3n) is 3.26. The Morgan fingerprint density at radius 1 is 1.10 bits per heavy atom. The van der Waals surface area contributed by atoms with E-state index in [-0.39, 0.29) is 5.95 Å². The molecule has 0 bridgehead atoms. The van der Waals surface area contributed by atoms with Crippen LogP contribution >= 0.6 is 0 Å². The molecule has 0 radical (unpaired) electrons. The molecule has 0 fully saturated rings. The molecular weight excluding hydrogens is 266 g/mol. The van der Waals surface area contributed by atoms with Gasteiger partial charge in [-0.2, -0.15) is 4.98 Å². The van der Waals surface area contributed by atoms with Crippen LogP contribution in [0.3, 0.4) is 0 Å². The summed E-state index contributed by atoms with van der Waals surface area (Å²) in [5, 5.41) is 1.04. The summed E-state index contributed by atoms with van der Waals surface area (Å²) in [6.45, 7) is 0. The summed E-state index contributed by atoms with van der Waals surface area (Å²) in [4.78, 5) is 12.4. The maximum atomic E-state index is 5.85. The van der Waals surface area contributed by atoms with Crippen LogP contribution in [0.1, 0.15) is 11.1 Å². The number of hydrogen-bond donors (Lipinski definition) is 2. The lowest BCUT2D eigenvalue weighted by atomic mass is 10.1. The molecule has 0 aliphatic rings. The number of nitrogen functional groups attached to an aromatic ring is 2. The predicted molar refractivity (Wildman–Crippen MR) is 82.0 cm³/mol. The van der Waals surface area contributed by atoms with Crippen molar-refractivity contribution in [2.75, 3.05) is 18.6 Å². The zero-order valence-electron chi connectivity index (χ0n) is 11.6. The SMILES string of the molecule is COc1ccc2cc(Cc3cnc(N)nc3N)cnc2c1. The minimum Gasteiger partial charge on any atom is -0.497 e. The van der Waals surface area contributed by atoms with Gasteiger partial charge in [-0.3, -0.25) is 4.98 Å². The van der Waals surface area contributed by atoms with Gasteiger partial charge >= 0.3 is 0 Å². The molecule has 1 aromatic carbocycles. The van der Waals surface area contributed by atoms with Crippen molar-refractivity contribution in [3.8, 4) is 5.75 Å². The van der Waals surface area contributed by atoms with Gasteiger partial charge in [0.05, 0.1) is 12.6 Å². The molecule has 6 nitrogen and oxygen atoms in total. The van der Waals surface area contributed by atoms with E-state index in [1.54, 1.807) is 13.3 Å². The quantitative estimate of drug-likeness (QED) is 0.759. The second kappa shape index (κ2) is 5.24. The van der Waals surface area contributed by atoms with Gasteiger partial charge in [-0.05, 0) is 23.8 Å². The summed E-state index contributed by atoms with van der Waals surface area (Å²) in [5.74, 6) is 1.37. The van der Waals surface area contributed by atoms with Crippen LogP contribution < -0.4 is 16.2 Å². The van der Waals surface area contributed by atoms with Crippen LogP contribution in [0.2, 0.25) is 0 Å². The third-order valence-corrected chi connectivity index (χ3v) is 3.26. The van der Waals surface area contributed by atoms with E-state index in [1.807, 2.05) is 24.4 Å². The maximum absolute atomic E-state index is 5.85. The number of anilines is 2. The molecular formula is C15H15N5O. The van der Waals surface area contributed by atoms with Gasteiger partial charge in [-0.1, -0.05) is 0 Å². The largest absolute Gasteiger partial charge is 0.497 e. The molecule has 0 aliphatic carbocycles. The number of rotatable bonds is 3. The smallest absolute Gasteiger partial charge is 0.221 e. The van der Waals surface area contributed by atoms with Crippen LogP contribution in [-0.2, 0) is 6.42 Å². The first-order valence-corrected chi connectivity index (χ1v) is 6.45.